The van der Waals surface area contributed by atoms with Gasteiger partial charge >= 0.3 is 0 Å². The average Bonchev–Trinajstić information content (AvgIpc) is 2.49. The second-order valence-electron chi connectivity index (χ2n) is 8.16. The van der Waals surface area contributed by atoms with Gasteiger partial charge < -0.3 is 20.1 Å². The van der Waals surface area contributed by atoms with Crippen LogP contribution in [-0.4, -0.2) is 49.8 Å². The van der Waals surface area contributed by atoms with Crippen molar-refractivity contribution in [3.8, 4) is 0 Å². The lowest BCUT2D eigenvalue weighted by Gasteiger charge is -2.27. The molecular formula is C20H38N2O4. The molecule has 152 valence electrons. The molecule has 0 saturated heterocycles. The number of nitrogens with one attached hydrogen (secondary N) is 2. The van der Waals surface area contributed by atoms with E-state index in [1.54, 1.807) is 0 Å². The van der Waals surface area contributed by atoms with Gasteiger partial charge in [-0.2, -0.15) is 0 Å². The van der Waals surface area contributed by atoms with Crippen LogP contribution in [0.2, 0.25) is 0 Å². The first-order chi connectivity index (χ1) is 12.0. The summed E-state index contributed by atoms with van der Waals surface area (Å²) in [6.07, 6.45) is 3.40. The van der Waals surface area contributed by atoms with E-state index in [2.05, 4.69) is 31.1 Å². The average molecular weight is 371 g/mol. The summed E-state index contributed by atoms with van der Waals surface area (Å²) >= 11 is 0. The summed E-state index contributed by atoms with van der Waals surface area (Å²) in [5.41, 5.74) is -0.487. The number of hydrogen-bond donors (Lipinski definition) is 2. The van der Waals surface area contributed by atoms with Crippen LogP contribution in [0.15, 0.2) is 12.7 Å². The first kappa shape index (κ1) is 24.6. The van der Waals surface area contributed by atoms with Crippen molar-refractivity contribution in [1.82, 2.24) is 10.6 Å². The molecule has 0 aliphatic heterocycles. The van der Waals surface area contributed by atoms with Gasteiger partial charge in [0.1, 0.15) is 0 Å². The molecule has 6 nitrogen and oxygen atoms in total. The van der Waals surface area contributed by atoms with Crippen LogP contribution in [0.25, 0.3) is 0 Å². The van der Waals surface area contributed by atoms with Gasteiger partial charge in [0.2, 0.25) is 11.8 Å². The molecule has 2 N–H and O–H groups in total. The maximum Gasteiger partial charge on any atom is 0.222 e. The van der Waals surface area contributed by atoms with Gasteiger partial charge in [-0.3, -0.25) is 9.59 Å². The number of rotatable bonds is 14. The van der Waals surface area contributed by atoms with Crippen LogP contribution in [-0.2, 0) is 19.1 Å². The molecule has 0 fully saturated rings. The van der Waals surface area contributed by atoms with E-state index >= 15 is 0 Å². The third-order valence-electron chi connectivity index (χ3n) is 3.87. The molecule has 0 aromatic rings. The molecule has 0 bridgehead atoms. The molecule has 26 heavy (non-hydrogen) atoms. The first-order valence-corrected chi connectivity index (χ1v) is 9.39. The van der Waals surface area contributed by atoms with Gasteiger partial charge in [-0.05, 0) is 39.5 Å². The SMILES string of the molecule is C=CC(C)(C)CCOC(C)(C)CC(=O)NCCOCCC(=O)NC(C)C. The Morgan fingerprint density at radius 3 is 2.31 bits per heavy atom. The maximum absolute atomic E-state index is 12.0. The van der Waals surface area contributed by atoms with Gasteiger partial charge in [0.25, 0.3) is 0 Å². The van der Waals surface area contributed by atoms with E-state index in [1.165, 1.54) is 0 Å². The summed E-state index contributed by atoms with van der Waals surface area (Å²) in [6, 6.07) is 0.134. The van der Waals surface area contributed by atoms with Crippen molar-refractivity contribution in [2.75, 3.05) is 26.4 Å². The second kappa shape index (κ2) is 12.1. The summed E-state index contributed by atoms with van der Waals surface area (Å²) in [4.78, 5) is 23.4. The zero-order chi connectivity index (χ0) is 20.2. The van der Waals surface area contributed by atoms with Crippen LogP contribution >= 0.6 is 0 Å². The fourth-order valence-electron chi connectivity index (χ4n) is 2.12. The summed E-state index contributed by atoms with van der Waals surface area (Å²) in [7, 11) is 0. The van der Waals surface area contributed by atoms with Crippen molar-refractivity contribution in [2.24, 2.45) is 5.41 Å². The van der Waals surface area contributed by atoms with Gasteiger partial charge in [0.05, 0.1) is 25.2 Å². The van der Waals surface area contributed by atoms with Crippen LogP contribution in [0.3, 0.4) is 0 Å². The Morgan fingerprint density at radius 1 is 1.08 bits per heavy atom. The fourth-order valence-corrected chi connectivity index (χ4v) is 2.12. The van der Waals surface area contributed by atoms with Crippen LogP contribution in [0.4, 0.5) is 0 Å². The lowest BCUT2D eigenvalue weighted by atomic mass is 9.90. The van der Waals surface area contributed by atoms with Gasteiger partial charge in [0, 0.05) is 25.6 Å². The van der Waals surface area contributed by atoms with Crippen LogP contribution in [0, 0.1) is 5.41 Å². The molecule has 0 atom stereocenters. The predicted octanol–water partition coefficient (Wildman–Crippen LogP) is 2.82. The number of allylic oxidation sites excluding steroid dienone is 1. The Balaban J connectivity index is 3.83. The van der Waals surface area contributed by atoms with Crippen LogP contribution < -0.4 is 10.6 Å². The molecule has 0 aromatic carbocycles. The lowest BCUT2D eigenvalue weighted by molar-refractivity contribution is -0.128. The van der Waals surface area contributed by atoms with E-state index in [1.807, 2.05) is 33.8 Å². The Bertz CT molecular complexity index is 445. The van der Waals surface area contributed by atoms with Crippen molar-refractivity contribution in [1.29, 1.82) is 0 Å². The van der Waals surface area contributed by atoms with E-state index in [0.717, 1.165) is 6.42 Å². The Kier molecular flexibility index (Phi) is 11.4. The van der Waals surface area contributed by atoms with E-state index in [9.17, 15) is 9.59 Å². The van der Waals surface area contributed by atoms with Crippen molar-refractivity contribution in [3.63, 3.8) is 0 Å². The summed E-state index contributed by atoms with van der Waals surface area (Å²) in [6.45, 7) is 17.4. The van der Waals surface area contributed by atoms with Crippen molar-refractivity contribution < 1.29 is 19.1 Å². The zero-order valence-electron chi connectivity index (χ0n) is 17.4. The third kappa shape index (κ3) is 13.8. The number of ether oxygens (including phenoxy) is 2. The Hall–Kier alpha value is -1.40. The molecule has 0 aromatic heterocycles. The van der Waals surface area contributed by atoms with E-state index in [-0.39, 0.29) is 29.7 Å². The van der Waals surface area contributed by atoms with Gasteiger partial charge in [-0.15, -0.1) is 6.58 Å². The predicted molar refractivity (Wildman–Crippen MR) is 105 cm³/mol. The fraction of sp³-hybridized carbons (Fsp3) is 0.800. The molecule has 2 amide bonds. The molecule has 6 heteroatoms. The minimum absolute atomic E-state index is 0.0254. The molecule has 0 aliphatic rings. The first-order valence-electron chi connectivity index (χ1n) is 9.39. The molecule has 0 spiro atoms. The highest BCUT2D eigenvalue weighted by Crippen LogP contribution is 2.23. The molecule has 0 unspecified atom stereocenters. The normalized spacial score (nSPS) is 12.1. The largest absolute Gasteiger partial charge is 0.379 e. The number of amides is 2. The van der Waals surface area contributed by atoms with Crippen molar-refractivity contribution >= 4 is 11.8 Å². The highest BCUT2D eigenvalue weighted by molar-refractivity contribution is 5.77. The molecule has 0 rings (SSSR count). The van der Waals surface area contributed by atoms with Crippen molar-refractivity contribution in [3.05, 3.63) is 12.7 Å². The molecule has 0 saturated carbocycles. The van der Waals surface area contributed by atoms with Crippen LogP contribution in [0.1, 0.15) is 60.8 Å². The number of carbonyl (C=O) groups is 2. The Labute approximate surface area is 159 Å². The molecular weight excluding hydrogens is 332 g/mol. The maximum atomic E-state index is 12.0. The number of carbonyl (C=O) groups excluding carboxylic acids is 2. The monoisotopic (exact) mass is 370 g/mol. The minimum atomic E-state index is -0.517. The minimum Gasteiger partial charge on any atom is -0.379 e. The zero-order valence-corrected chi connectivity index (χ0v) is 17.4. The van der Waals surface area contributed by atoms with Gasteiger partial charge in [-0.25, -0.2) is 0 Å². The topological polar surface area (TPSA) is 76.7 Å². The summed E-state index contributed by atoms with van der Waals surface area (Å²) in [5, 5.41) is 5.62. The van der Waals surface area contributed by atoms with Gasteiger partial charge in [-0.1, -0.05) is 19.9 Å². The number of hydrogen-bond acceptors (Lipinski definition) is 4. The smallest absolute Gasteiger partial charge is 0.222 e. The van der Waals surface area contributed by atoms with Crippen LogP contribution in [0.5, 0.6) is 0 Å². The highest BCUT2D eigenvalue weighted by Gasteiger charge is 2.23. The van der Waals surface area contributed by atoms with E-state index < -0.39 is 5.60 Å². The third-order valence-corrected chi connectivity index (χ3v) is 3.87. The van der Waals surface area contributed by atoms with E-state index in [0.29, 0.717) is 32.8 Å². The second-order valence-corrected chi connectivity index (χ2v) is 8.16. The standard InChI is InChI=1S/C20H38N2O4/c1-8-19(4,5)10-13-26-20(6,7)15-18(24)21-11-14-25-12-9-17(23)22-16(2)3/h8,16H,1,9-15H2,2-7H3,(H,21,24)(H,22,23). The summed E-state index contributed by atoms with van der Waals surface area (Å²) < 4.78 is 11.2. The quantitative estimate of drug-likeness (QED) is 0.364. The molecule has 0 heterocycles. The molecule has 0 radical (unpaired) electrons. The highest BCUT2D eigenvalue weighted by atomic mass is 16.5. The molecule has 0 aliphatic carbocycles. The van der Waals surface area contributed by atoms with Crippen molar-refractivity contribution in [2.45, 2.75) is 72.4 Å². The van der Waals surface area contributed by atoms with Gasteiger partial charge in [0.15, 0.2) is 0 Å². The van der Waals surface area contributed by atoms with E-state index in [4.69, 9.17) is 9.47 Å². The lowest BCUT2D eigenvalue weighted by Crippen LogP contribution is -2.36. The summed E-state index contributed by atoms with van der Waals surface area (Å²) in [5.74, 6) is -0.0957. The Morgan fingerprint density at radius 2 is 1.73 bits per heavy atom.